The van der Waals surface area contributed by atoms with Crippen molar-refractivity contribution in [1.82, 2.24) is 10.6 Å². The van der Waals surface area contributed by atoms with E-state index < -0.39 is 0 Å². The van der Waals surface area contributed by atoms with Crippen molar-refractivity contribution >= 4 is 5.91 Å². The zero-order valence-corrected chi connectivity index (χ0v) is 14.0. The molecule has 0 radical (unpaired) electrons. The van der Waals surface area contributed by atoms with E-state index in [-0.39, 0.29) is 23.3 Å². The van der Waals surface area contributed by atoms with E-state index in [1.54, 1.807) is 0 Å². The Balaban J connectivity index is 1.48. The maximum Gasteiger partial charge on any atom is 0.226 e. The molecule has 4 aliphatic carbocycles. The van der Waals surface area contributed by atoms with Crippen molar-refractivity contribution in [3.8, 4) is 0 Å². The number of rotatable bonds is 3. The highest BCUT2D eigenvalue weighted by atomic mass is 16.3. The summed E-state index contributed by atoms with van der Waals surface area (Å²) in [6.07, 6.45) is 6.87. The average Bonchev–Trinajstić information content (AvgIpc) is 2.77. The molecule has 1 amide bonds. The highest BCUT2D eigenvalue weighted by Crippen LogP contribution is 2.69. The Morgan fingerprint density at radius 3 is 2.36 bits per heavy atom. The molecule has 1 aliphatic heterocycles. The molecule has 1 saturated heterocycles. The van der Waals surface area contributed by atoms with Gasteiger partial charge in [0.15, 0.2) is 0 Å². The van der Waals surface area contributed by atoms with Crippen LogP contribution in [0.4, 0.5) is 0 Å². The van der Waals surface area contributed by atoms with Gasteiger partial charge in [-0.05, 0) is 55.3 Å². The van der Waals surface area contributed by atoms with E-state index in [4.69, 9.17) is 0 Å². The molecule has 5 rings (SSSR count). The van der Waals surface area contributed by atoms with Crippen LogP contribution in [-0.2, 0) is 4.79 Å². The minimum atomic E-state index is -0.313. The van der Waals surface area contributed by atoms with Gasteiger partial charge >= 0.3 is 0 Å². The van der Waals surface area contributed by atoms with Crippen LogP contribution in [0.1, 0.15) is 52.4 Å². The first kappa shape index (κ1) is 14.9. The largest absolute Gasteiger partial charge is 0.391 e. The van der Waals surface area contributed by atoms with Crippen molar-refractivity contribution in [2.45, 2.75) is 58.5 Å². The Kier molecular flexibility index (Phi) is 3.19. The van der Waals surface area contributed by atoms with Crippen LogP contribution in [0.2, 0.25) is 0 Å². The van der Waals surface area contributed by atoms with Gasteiger partial charge in [-0.1, -0.05) is 13.8 Å². The fraction of sp³-hybridized carbons (Fsp3) is 0.944. The third-order valence-electron chi connectivity index (χ3n) is 6.94. The zero-order valence-electron chi connectivity index (χ0n) is 14.0. The molecule has 4 saturated carbocycles. The number of hydrogen-bond acceptors (Lipinski definition) is 3. The monoisotopic (exact) mass is 306 g/mol. The number of β-amino-alcohol motifs (C(OH)–C–C–N with tert-alkyl or cyclic N) is 1. The first-order valence-corrected chi connectivity index (χ1v) is 8.99. The van der Waals surface area contributed by atoms with E-state index in [0.717, 1.165) is 31.7 Å². The molecule has 0 spiro atoms. The van der Waals surface area contributed by atoms with Crippen LogP contribution in [0, 0.1) is 28.1 Å². The fourth-order valence-corrected chi connectivity index (χ4v) is 7.04. The van der Waals surface area contributed by atoms with Gasteiger partial charge in [0.25, 0.3) is 0 Å². The van der Waals surface area contributed by atoms with Crippen LogP contribution in [-0.4, -0.2) is 36.8 Å². The Morgan fingerprint density at radius 2 is 1.82 bits per heavy atom. The summed E-state index contributed by atoms with van der Waals surface area (Å²) in [4.78, 5) is 13.0. The van der Waals surface area contributed by atoms with Gasteiger partial charge in [-0.15, -0.1) is 0 Å². The summed E-state index contributed by atoms with van der Waals surface area (Å²) in [6, 6.07) is 0. The maximum absolute atomic E-state index is 13.0. The van der Waals surface area contributed by atoms with Crippen LogP contribution in [0.3, 0.4) is 0 Å². The number of aliphatic hydroxyl groups is 1. The van der Waals surface area contributed by atoms with Crippen LogP contribution in [0.25, 0.3) is 0 Å². The molecule has 4 atom stereocenters. The fourth-order valence-electron chi connectivity index (χ4n) is 7.04. The van der Waals surface area contributed by atoms with E-state index in [2.05, 4.69) is 24.5 Å². The number of carbonyl (C=O) groups excluding carboxylic acids is 1. The van der Waals surface area contributed by atoms with Gasteiger partial charge in [0.1, 0.15) is 0 Å². The van der Waals surface area contributed by atoms with Gasteiger partial charge < -0.3 is 15.7 Å². The minimum absolute atomic E-state index is 0.125. The first-order chi connectivity index (χ1) is 10.3. The van der Waals surface area contributed by atoms with Gasteiger partial charge in [-0.25, -0.2) is 0 Å². The molecule has 4 nitrogen and oxygen atoms in total. The number of aliphatic hydroxyl groups excluding tert-OH is 1. The summed E-state index contributed by atoms with van der Waals surface area (Å²) in [5, 5.41) is 16.3. The second kappa shape index (κ2) is 4.70. The van der Waals surface area contributed by atoms with Crippen LogP contribution in [0.15, 0.2) is 0 Å². The molecule has 4 heteroatoms. The summed E-state index contributed by atoms with van der Waals surface area (Å²) >= 11 is 0. The lowest BCUT2D eigenvalue weighted by Crippen LogP contribution is -2.60. The molecule has 4 unspecified atom stereocenters. The molecule has 5 fully saturated rings. The van der Waals surface area contributed by atoms with Crippen LogP contribution in [0.5, 0.6) is 0 Å². The lowest BCUT2D eigenvalue weighted by molar-refractivity contribution is -0.170. The Labute approximate surface area is 133 Å². The minimum Gasteiger partial charge on any atom is -0.391 e. The predicted molar refractivity (Wildman–Crippen MR) is 85.2 cm³/mol. The maximum atomic E-state index is 13.0. The molecule has 0 aromatic carbocycles. The average molecular weight is 306 g/mol. The molecule has 1 heterocycles. The molecule has 124 valence electrons. The smallest absolute Gasteiger partial charge is 0.226 e. The second-order valence-electron chi connectivity index (χ2n) is 9.61. The molecule has 3 N–H and O–H groups in total. The molecule has 22 heavy (non-hydrogen) atoms. The van der Waals surface area contributed by atoms with Gasteiger partial charge in [-0.3, -0.25) is 4.79 Å². The number of nitrogens with one attached hydrogen (secondary N) is 2. The summed E-state index contributed by atoms with van der Waals surface area (Å²) < 4.78 is 0. The third kappa shape index (κ3) is 2.30. The standard InChI is InChI=1S/C18H30N2O2/c1-16-3-12-4-17(2,9-16)11-18(5-12,10-16)15(22)20-7-13-6-19-8-14(13)21/h12-14,19,21H,3-11H2,1-2H3,(H,20,22). The molecule has 4 bridgehead atoms. The lowest BCUT2D eigenvalue weighted by atomic mass is 9.40. The van der Waals surface area contributed by atoms with E-state index in [1.165, 1.54) is 19.3 Å². The number of carbonyl (C=O) groups is 1. The molecule has 0 aromatic heterocycles. The van der Waals surface area contributed by atoms with Crippen molar-refractivity contribution < 1.29 is 9.90 Å². The van der Waals surface area contributed by atoms with Crippen LogP contribution < -0.4 is 10.6 Å². The molecule has 5 aliphatic rings. The first-order valence-electron chi connectivity index (χ1n) is 8.99. The summed E-state index contributed by atoms with van der Waals surface area (Å²) in [7, 11) is 0. The number of hydrogen-bond donors (Lipinski definition) is 3. The predicted octanol–water partition coefficient (Wildman–Crippen LogP) is 1.68. The Hall–Kier alpha value is -0.610. The second-order valence-corrected chi connectivity index (χ2v) is 9.61. The lowest BCUT2D eigenvalue weighted by Gasteiger charge is -2.64. The highest BCUT2D eigenvalue weighted by molar-refractivity contribution is 5.83. The molecular formula is C18H30N2O2. The summed E-state index contributed by atoms with van der Waals surface area (Å²) in [5.74, 6) is 1.19. The van der Waals surface area contributed by atoms with E-state index in [0.29, 0.717) is 23.9 Å². The zero-order chi connectivity index (χ0) is 15.6. The van der Waals surface area contributed by atoms with E-state index >= 15 is 0 Å². The Morgan fingerprint density at radius 1 is 1.14 bits per heavy atom. The van der Waals surface area contributed by atoms with Gasteiger partial charge in [-0.2, -0.15) is 0 Å². The van der Waals surface area contributed by atoms with Gasteiger partial charge in [0, 0.05) is 25.6 Å². The summed E-state index contributed by atoms with van der Waals surface area (Å²) in [6.45, 7) is 6.90. The number of amides is 1. The van der Waals surface area contributed by atoms with Crippen molar-refractivity contribution in [3.05, 3.63) is 0 Å². The third-order valence-corrected chi connectivity index (χ3v) is 6.94. The van der Waals surface area contributed by atoms with Crippen molar-refractivity contribution in [2.75, 3.05) is 19.6 Å². The topological polar surface area (TPSA) is 61.4 Å². The summed E-state index contributed by atoms with van der Waals surface area (Å²) in [5.41, 5.74) is 0.625. The Bertz CT molecular complexity index is 473. The molecular weight excluding hydrogens is 276 g/mol. The van der Waals surface area contributed by atoms with Crippen molar-refractivity contribution in [1.29, 1.82) is 0 Å². The van der Waals surface area contributed by atoms with E-state index in [1.807, 2.05) is 0 Å². The normalized spacial score (nSPS) is 53.0. The SMILES string of the molecule is CC12CC3CC(C)(C1)CC(C(=O)NCC1CNCC1O)(C3)C2. The van der Waals surface area contributed by atoms with Crippen molar-refractivity contribution in [2.24, 2.45) is 28.1 Å². The van der Waals surface area contributed by atoms with Crippen molar-refractivity contribution in [3.63, 3.8) is 0 Å². The quantitative estimate of drug-likeness (QED) is 0.743. The van der Waals surface area contributed by atoms with Gasteiger partial charge in [0.05, 0.1) is 11.5 Å². The van der Waals surface area contributed by atoms with E-state index in [9.17, 15) is 9.90 Å². The molecule has 0 aromatic rings. The van der Waals surface area contributed by atoms with Crippen LogP contribution >= 0.6 is 0 Å². The van der Waals surface area contributed by atoms with Gasteiger partial charge in [0.2, 0.25) is 5.91 Å². The highest BCUT2D eigenvalue weighted by Gasteiger charge is 2.62.